The first-order valence-electron chi connectivity index (χ1n) is 9.13. The molecule has 7 atom stereocenters. The number of aliphatic hydroxyl groups is 5. The number of aliphatic carboxylic acids is 1. The lowest BCUT2D eigenvalue weighted by Gasteiger charge is -2.28. The minimum Gasteiger partial charge on any atom is -0.481 e. The van der Waals surface area contributed by atoms with Gasteiger partial charge in [-0.3, -0.25) is 4.79 Å². The van der Waals surface area contributed by atoms with Gasteiger partial charge in [0.05, 0.1) is 19.3 Å². The van der Waals surface area contributed by atoms with Gasteiger partial charge in [0.15, 0.2) is 0 Å². The zero-order valence-corrected chi connectivity index (χ0v) is 15.1. The maximum absolute atomic E-state index is 11.1. The summed E-state index contributed by atoms with van der Waals surface area (Å²) in [5.74, 6) is -0.856. The summed E-state index contributed by atoms with van der Waals surface area (Å²) >= 11 is 0. The lowest BCUT2D eigenvalue weighted by molar-refractivity contribution is -0.140. The number of ether oxygens (including phenoxy) is 1. The summed E-state index contributed by atoms with van der Waals surface area (Å²) in [6.45, 7) is 1.02. The number of carboxylic acid groups (broad SMARTS) is 1. The maximum Gasteiger partial charge on any atom is 0.303 e. The fraction of sp³-hybridized carbons (Fsp3) is 0.833. The highest BCUT2D eigenvalue weighted by atomic mass is 16.5. The fourth-order valence-corrected chi connectivity index (χ4v) is 3.44. The molecule has 8 heteroatoms. The summed E-state index contributed by atoms with van der Waals surface area (Å²) in [6.07, 6.45) is 0.441. The summed E-state index contributed by atoms with van der Waals surface area (Å²) in [5, 5.41) is 56.6. The van der Waals surface area contributed by atoms with Gasteiger partial charge in [-0.05, 0) is 37.5 Å². The summed E-state index contributed by atoms with van der Waals surface area (Å²) in [5.41, 5.74) is 0. The molecule has 0 amide bonds. The Bertz CT molecular complexity index is 441. The SMILES string of the molecule is CCC=CC[C@H]1[C@@H](CC(=O)O)CC[C@@H]1OC[C@H](O)[C@H](O)[C@H](O)[C@H](O)CO. The predicted octanol–water partition coefficient (Wildman–Crippen LogP) is -0.335. The van der Waals surface area contributed by atoms with Crippen molar-refractivity contribution in [1.29, 1.82) is 0 Å². The van der Waals surface area contributed by atoms with Crippen molar-refractivity contribution in [1.82, 2.24) is 0 Å². The first kappa shape index (κ1) is 23.0. The first-order chi connectivity index (χ1) is 12.3. The van der Waals surface area contributed by atoms with E-state index in [9.17, 15) is 25.2 Å². The quantitative estimate of drug-likeness (QED) is 0.254. The van der Waals surface area contributed by atoms with Gasteiger partial charge < -0.3 is 35.4 Å². The van der Waals surface area contributed by atoms with Crippen molar-refractivity contribution < 1.29 is 40.2 Å². The largest absolute Gasteiger partial charge is 0.481 e. The molecule has 0 aliphatic heterocycles. The van der Waals surface area contributed by atoms with Crippen LogP contribution in [0.15, 0.2) is 12.2 Å². The topological polar surface area (TPSA) is 148 Å². The summed E-state index contributed by atoms with van der Waals surface area (Å²) in [4.78, 5) is 11.1. The van der Waals surface area contributed by atoms with Gasteiger partial charge in [-0.25, -0.2) is 0 Å². The Labute approximate surface area is 153 Å². The van der Waals surface area contributed by atoms with E-state index in [4.69, 9.17) is 14.9 Å². The molecule has 0 saturated heterocycles. The second-order valence-corrected chi connectivity index (χ2v) is 6.88. The first-order valence-corrected chi connectivity index (χ1v) is 9.13. The van der Waals surface area contributed by atoms with Crippen LogP contribution in [0.25, 0.3) is 0 Å². The molecule has 1 rings (SSSR count). The van der Waals surface area contributed by atoms with Crippen molar-refractivity contribution in [3.8, 4) is 0 Å². The van der Waals surface area contributed by atoms with E-state index in [0.29, 0.717) is 19.3 Å². The minimum absolute atomic E-state index is 0.00574. The van der Waals surface area contributed by atoms with E-state index in [0.717, 1.165) is 6.42 Å². The molecule has 152 valence electrons. The van der Waals surface area contributed by atoms with Gasteiger partial charge in [0.1, 0.15) is 24.4 Å². The molecule has 26 heavy (non-hydrogen) atoms. The van der Waals surface area contributed by atoms with Crippen molar-refractivity contribution in [3.05, 3.63) is 12.2 Å². The Morgan fingerprint density at radius 2 is 1.77 bits per heavy atom. The van der Waals surface area contributed by atoms with Crippen LogP contribution in [0.3, 0.4) is 0 Å². The smallest absolute Gasteiger partial charge is 0.303 e. The molecule has 0 aromatic heterocycles. The Morgan fingerprint density at radius 1 is 1.12 bits per heavy atom. The van der Waals surface area contributed by atoms with Gasteiger partial charge in [0.25, 0.3) is 0 Å². The van der Waals surface area contributed by atoms with Crippen LogP contribution in [0.5, 0.6) is 0 Å². The molecule has 0 aromatic carbocycles. The van der Waals surface area contributed by atoms with Crippen LogP contribution in [-0.2, 0) is 9.53 Å². The molecule has 8 nitrogen and oxygen atoms in total. The van der Waals surface area contributed by atoms with Crippen molar-refractivity contribution in [2.45, 2.75) is 69.5 Å². The fourth-order valence-electron chi connectivity index (χ4n) is 3.44. The van der Waals surface area contributed by atoms with Crippen LogP contribution < -0.4 is 0 Å². The number of carboxylic acids is 1. The highest BCUT2D eigenvalue weighted by molar-refractivity contribution is 5.67. The number of hydrogen-bond acceptors (Lipinski definition) is 7. The molecule has 1 saturated carbocycles. The van der Waals surface area contributed by atoms with Crippen LogP contribution in [0.2, 0.25) is 0 Å². The molecule has 0 radical (unpaired) electrons. The third kappa shape index (κ3) is 6.94. The maximum atomic E-state index is 11.1. The lowest BCUT2D eigenvalue weighted by atomic mass is 9.89. The molecule has 1 fully saturated rings. The van der Waals surface area contributed by atoms with Gasteiger partial charge in [-0.1, -0.05) is 19.1 Å². The molecule has 0 bridgehead atoms. The average Bonchev–Trinajstić information content (AvgIpc) is 2.98. The van der Waals surface area contributed by atoms with E-state index in [2.05, 4.69) is 0 Å². The molecule has 1 aliphatic carbocycles. The lowest BCUT2D eigenvalue weighted by Crippen LogP contribution is -2.47. The zero-order valence-electron chi connectivity index (χ0n) is 15.1. The molecule has 0 unspecified atom stereocenters. The van der Waals surface area contributed by atoms with Crippen LogP contribution >= 0.6 is 0 Å². The van der Waals surface area contributed by atoms with E-state index < -0.39 is 37.0 Å². The Balaban J connectivity index is 2.62. The number of hydrogen-bond donors (Lipinski definition) is 6. The van der Waals surface area contributed by atoms with Gasteiger partial charge in [0.2, 0.25) is 0 Å². The van der Waals surface area contributed by atoms with Crippen LogP contribution in [0.1, 0.15) is 39.0 Å². The van der Waals surface area contributed by atoms with Crippen LogP contribution in [0.4, 0.5) is 0 Å². The van der Waals surface area contributed by atoms with Crippen molar-refractivity contribution in [2.24, 2.45) is 11.8 Å². The van der Waals surface area contributed by atoms with Gasteiger partial charge in [0, 0.05) is 6.42 Å². The highest BCUT2D eigenvalue weighted by Gasteiger charge is 2.38. The molecule has 0 aromatic rings. The van der Waals surface area contributed by atoms with Gasteiger partial charge in [-0.2, -0.15) is 0 Å². The molecular weight excluding hydrogens is 344 g/mol. The van der Waals surface area contributed by atoms with Gasteiger partial charge >= 0.3 is 5.97 Å². The summed E-state index contributed by atoms with van der Waals surface area (Å²) < 4.78 is 5.71. The molecule has 0 spiro atoms. The zero-order chi connectivity index (χ0) is 19.7. The third-order valence-electron chi connectivity index (χ3n) is 4.96. The van der Waals surface area contributed by atoms with Gasteiger partial charge in [-0.15, -0.1) is 0 Å². The second-order valence-electron chi connectivity index (χ2n) is 6.88. The molecule has 1 aliphatic rings. The summed E-state index contributed by atoms with van der Waals surface area (Å²) in [6, 6.07) is 0. The highest BCUT2D eigenvalue weighted by Crippen LogP contribution is 2.39. The Morgan fingerprint density at radius 3 is 2.35 bits per heavy atom. The summed E-state index contributed by atoms with van der Waals surface area (Å²) in [7, 11) is 0. The molecule has 6 N–H and O–H groups in total. The number of allylic oxidation sites excluding steroid dienone is 2. The van der Waals surface area contributed by atoms with E-state index in [-0.39, 0.29) is 31.0 Å². The Kier molecular flexibility index (Phi) is 10.3. The minimum atomic E-state index is -1.69. The second kappa shape index (κ2) is 11.6. The average molecular weight is 376 g/mol. The molecule has 0 heterocycles. The van der Waals surface area contributed by atoms with Crippen molar-refractivity contribution >= 4 is 5.97 Å². The van der Waals surface area contributed by atoms with E-state index in [1.54, 1.807) is 0 Å². The monoisotopic (exact) mass is 376 g/mol. The third-order valence-corrected chi connectivity index (χ3v) is 4.96. The number of carbonyl (C=O) groups is 1. The van der Waals surface area contributed by atoms with Crippen molar-refractivity contribution in [3.63, 3.8) is 0 Å². The van der Waals surface area contributed by atoms with Crippen LogP contribution in [-0.4, -0.2) is 80.3 Å². The number of aliphatic hydroxyl groups excluding tert-OH is 5. The van der Waals surface area contributed by atoms with Crippen LogP contribution in [0, 0.1) is 11.8 Å². The number of rotatable bonds is 12. The standard InChI is InChI=1S/C18H32O8/c1-2-3-4-5-12-11(8-16(22)23)6-7-15(12)26-10-14(21)18(25)17(24)13(20)9-19/h3-4,11-15,17-21,24-25H,2,5-10H2,1H3,(H,22,23)/t11-,12+,13-,14+,15+,17-,18+/m1/s1. The van der Waals surface area contributed by atoms with E-state index >= 15 is 0 Å². The predicted molar refractivity (Wildman–Crippen MR) is 93.4 cm³/mol. The van der Waals surface area contributed by atoms with E-state index in [1.807, 2.05) is 19.1 Å². The van der Waals surface area contributed by atoms with Crippen molar-refractivity contribution in [2.75, 3.05) is 13.2 Å². The Hall–Kier alpha value is -1.03. The molecular formula is C18H32O8. The van der Waals surface area contributed by atoms with E-state index in [1.165, 1.54) is 0 Å². The normalized spacial score (nSPS) is 28.2.